The Bertz CT molecular complexity index is 538. The Morgan fingerprint density at radius 2 is 2.29 bits per heavy atom. The van der Waals surface area contributed by atoms with E-state index in [-0.39, 0.29) is 5.69 Å². The fourth-order valence-electron chi connectivity index (χ4n) is 1.36. The highest BCUT2D eigenvalue weighted by molar-refractivity contribution is 5.53. The van der Waals surface area contributed by atoms with Crippen LogP contribution in [-0.2, 0) is 0 Å². The van der Waals surface area contributed by atoms with Gasteiger partial charge in [-0.1, -0.05) is 6.07 Å². The zero-order chi connectivity index (χ0) is 12.3. The van der Waals surface area contributed by atoms with Gasteiger partial charge >= 0.3 is 0 Å². The molecule has 0 bridgehead atoms. The number of hydrogen-bond donors (Lipinski definition) is 1. The fraction of sp³-hybridized carbons (Fsp3) is 0.0909. The summed E-state index contributed by atoms with van der Waals surface area (Å²) in [6.45, 7) is -0.702. The van der Waals surface area contributed by atoms with Crippen molar-refractivity contribution in [1.29, 1.82) is 0 Å². The maximum atomic E-state index is 13.7. The lowest BCUT2D eigenvalue weighted by Gasteiger charge is -2.03. The monoisotopic (exact) mass is 237 g/mol. The number of hydrogen-bond acceptors (Lipinski definition) is 3. The summed E-state index contributed by atoms with van der Waals surface area (Å²) in [6, 6.07) is 4.14. The Labute approximate surface area is 95.8 Å². The van der Waals surface area contributed by atoms with Gasteiger partial charge < -0.3 is 5.11 Å². The quantitative estimate of drug-likeness (QED) is 0.884. The maximum Gasteiger partial charge on any atom is 0.149 e. The number of aliphatic hydroxyl groups excluding tert-OH is 1. The molecule has 6 heteroatoms. The Hall–Kier alpha value is -2.08. The minimum absolute atomic E-state index is 0.226. The zero-order valence-corrected chi connectivity index (χ0v) is 8.72. The van der Waals surface area contributed by atoms with E-state index in [0.717, 1.165) is 12.1 Å². The van der Waals surface area contributed by atoms with Crippen molar-refractivity contribution in [3.05, 3.63) is 48.1 Å². The molecule has 0 aliphatic carbocycles. The molecular weight excluding hydrogens is 228 g/mol. The van der Waals surface area contributed by atoms with Crippen molar-refractivity contribution in [2.24, 2.45) is 0 Å². The van der Waals surface area contributed by atoms with E-state index in [9.17, 15) is 8.78 Å². The van der Waals surface area contributed by atoms with E-state index in [0.29, 0.717) is 5.56 Å². The van der Waals surface area contributed by atoms with Gasteiger partial charge in [0.2, 0.25) is 0 Å². The van der Waals surface area contributed by atoms with E-state index < -0.39 is 18.3 Å². The van der Waals surface area contributed by atoms with E-state index in [1.165, 1.54) is 29.5 Å². The lowest BCUT2D eigenvalue weighted by Crippen LogP contribution is -1.98. The third-order valence-corrected chi connectivity index (χ3v) is 2.11. The highest BCUT2D eigenvalue weighted by atomic mass is 19.1. The molecule has 88 valence electrons. The van der Waals surface area contributed by atoms with Crippen LogP contribution in [0.4, 0.5) is 8.78 Å². The van der Waals surface area contributed by atoms with E-state index in [2.05, 4.69) is 10.1 Å². The van der Waals surface area contributed by atoms with Crippen molar-refractivity contribution < 1.29 is 13.9 Å². The fourth-order valence-corrected chi connectivity index (χ4v) is 1.36. The Morgan fingerprint density at radius 3 is 2.88 bits per heavy atom. The molecule has 1 aromatic carbocycles. The average Bonchev–Trinajstić information content (AvgIpc) is 2.82. The van der Waals surface area contributed by atoms with Crippen molar-refractivity contribution in [2.45, 2.75) is 0 Å². The highest BCUT2D eigenvalue weighted by Gasteiger charge is 2.05. The number of aliphatic hydroxyl groups is 1. The van der Waals surface area contributed by atoms with Gasteiger partial charge in [-0.25, -0.2) is 18.4 Å². The summed E-state index contributed by atoms with van der Waals surface area (Å²) >= 11 is 0. The van der Waals surface area contributed by atoms with Gasteiger partial charge in [0.1, 0.15) is 30.0 Å². The molecule has 1 heterocycles. The smallest absolute Gasteiger partial charge is 0.149 e. The van der Waals surface area contributed by atoms with Crippen LogP contribution < -0.4 is 0 Å². The van der Waals surface area contributed by atoms with Gasteiger partial charge in [0, 0.05) is 0 Å². The molecule has 0 atom stereocenters. The van der Waals surface area contributed by atoms with Gasteiger partial charge in [-0.3, -0.25) is 0 Å². The first-order valence-corrected chi connectivity index (χ1v) is 4.82. The lowest BCUT2D eigenvalue weighted by atomic mass is 10.2. The van der Waals surface area contributed by atoms with Gasteiger partial charge in [0.25, 0.3) is 0 Å². The minimum atomic E-state index is -0.724. The molecule has 0 amide bonds. The van der Waals surface area contributed by atoms with Crippen LogP contribution in [0.1, 0.15) is 5.56 Å². The second-order valence-corrected chi connectivity index (χ2v) is 3.30. The molecule has 2 aromatic rings. The Kier molecular flexibility index (Phi) is 3.24. The number of aromatic nitrogens is 3. The topological polar surface area (TPSA) is 50.9 Å². The van der Waals surface area contributed by atoms with Gasteiger partial charge in [-0.2, -0.15) is 5.10 Å². The van der Waals surface area contributed by atoms with Gasteiger partial charge in [-0.05, 0) is 23.8 Å². The van der Waals surface area contributed by atoms with Crippen LogP contribution in [0, 0.1) is 5.82 Å². The summed E-state index contributed by atoms with van der Waals surface area (Å²) in [4.78, 5) is 3.70. The molecule has 0 unspecified atom stereocenters. The molecule has 1 aromatic heterocycles. The molecule has 17 heavy (non-hydrogen) atoms. The second kappa shape index (κ2) is 4.84. The van der Waals surface area contributed by atoms with Crippen LogP contribution in [0.15, 0.2) is 36.7 Å². The van der Waals surface area contributed by atoms with Crippen LogP contribution in [0.25, 0.3) is 11.8 Å². The van der Waals surface area contributed by atoms with Crippen LogP contribution in [0.2, 0.25) is 0 Å². The summed E-state index contributed by atoms with van der Waals surface area (Å²) < 4.78 is 27.7. The summed E-state index contributed by atoms with van der Waals surface area (Å²) in [5.74, 6) is -1.27. The van der Waals surface area contributed by atoms with Crippen molar-refractivity contribution in [1.82, 2.24) is 14.8 Å². The predicted molar refractivity (Wildman–Crippen MR) is 57.5 cm³/mol. The summed E-state index contributed by atoms with van der Waals surface area (Å²) in [5, 5.41) is 12.3. The predicted octanol–water partition coefficient (Wildman–Crippen LogP) is 1.71. The normalized spacial score (nSPS) is 11.8. The van der Waals surface area contributed by atoms with E-state index in [1.54, 1.807) is 0 Å². The summed E-state index contributed by atoms with van der Waals surface area (Å²) in [6.07, 6.45) is 3.72. The van der Waals surface area contributed by atoms with Crippen molar-refractivity contribution >= 4 is 6.08 Å². The first-order chi connectivity index (χ1) is 8.20. The first kappa shape index (κ1) is 11.4. The lowest BCUT2D eigenvalue weighted by molar-refractivity contribution is 0.300. The third kappa shape index (κ3) is 2.54. The third-order valence-electron chi connectivity index (χ3n) is 2.11. The molecule has 0 fully saturated rings. The Morgan fingerprint density at radius 1 is 1.47 bits per heavy atom. The van der Waals surface area contributed by atoms with Crippen LogP contribution >= 0.6 is 0 Å². The highest BCUT2D eigenvalue weighted by Crippen LogP contribution is 2.16. The molecule has 0 spiro atoms. The molecule has 0 saturated heterocycles. The van der Waals surface area contributed by atoms with Crippen molar-refractivity contribution in [2.75, 3.05) is 6.61 Å². The number of halogens is 2. The van der Waals surface area contributed by atoms with Crippen LogP contribution in [-0.4, -0.2) is 26.5 Å². The van der Waals surface area contributed by atoms with Crippen LogP contribution in [0.5, 0.6) is 0 Å². The standard InChI is InChI=1S/C11H9F2N3O/c12-9(5-17)3-8-1-2-11(10(13)4-8)16-7-14-6-15-16/h1-4,6-7,17H,5H2. The molecule has 1 N–H and O–H groups in total. The molecule has 0 saturated carbocycles. The average molecular weight is 237 g/mol. The van der Waals surface area contributed by atoms with E-state index >= 15 is 0 Å². The van der Waals surface area contributed by atoms with Crippen molar-refractivity contribution in [3.63, 3.8) is 0 Å². The molecule has 4 nitrogen and oxygen atoms in total. The number of nitrogens with zero attached hydrogens (tertiary/aromatic N) is 3. The molecule has 0 aliphatic heterocycles. The van der Waals surface area contributed by atoms with Crippen LogP contribution in [0.3, 0.4) is 0 Å². The van der Waals surface area contributed by atoms with Gasteiger partial charge in [-0.15, -0.1) is 0 Å². The summed E-state index contributed by atoms with van der Waals surface area (Å²) in [7, 11) is 0. The zero-order valence-electron chi connectivity index (χ0n) is 8.72. The maximum absolute atomic E-state index is 13.7. The molecule has 2 rings (SSSR count). The summed E-state index contributed by atoms with van der Waals surface area (Å²) in [5.41, 5.74) is 0.557. The largest absolute Gasteiger partial charge is 0.389 e. The van der Waals surface area contributed by atoms with Gasteiger partial charge in [0.15, 0.2) is 0 Å². The number of benzene rings is 1. The van der Waals surface area contributed by atoms with E-state index in [4.69, 9.17) is 5.11 Å². The second-order valence-electron chi connectivity index (χ2n) is 3.30. The number of rotatable bonds is 3. The molecule has 0 aliphatic rings. The molecular formula is C11H9F2N3O. The molecule has 0 radical (unpaired) electrons. The Balaban J connectivity index is 2.36. The first-order valence-electron chi connectivity index (χ1n) is 4.82. The minimum Gasteiger partial charge on any atom is -0.389 e. The van der Waals surface area contributed by atoms with Crippen molar-refractivity contribution in [3.8, 4) is 5.69 Å². The van der Waals surface area contributed by atoms with E-state index in [1.807, 2.05) is 0 Å². The van der Waals surface area contributed by atoms with Gasteiger partial charge in [0.05, 0.1) is 6.61 Å². The SMILES string of the molecule is OCC(F)=Cc1ccc(-n2cncn2)c(F)c1.